The second kappa shape index (κ2) is 4.69. The fourth-order valence-corrected chi connectivity index (χ4v) is 3.29. The van der Waals surface area contributed by atoms with E-state index in [0.717, 1.165) is 15.6 Å². The summed E-state index contributed by atoms with van der Waals surface area (Å²) in [5, 5.41) is 13.0. The number of benzene rings is 1. The van der Waals surface area contributed by atoms with Crippen molar-refractivity contribution in [1.82, 2.24) is 0 Å². The molecule has 2 rings (SSSR count). The molecule has 0 amide bonds. The SMILES string of the molecule is O=C(O)c1cc(-c2cscc2Br)ccc1Br. The molecular weight excluding hydrogens is 356 g/mol. The average Bonchev–Trinajstić information content (AvgIpc) is 2.65. The summed E-state index contributed by atoms with van der Waals surface area (Å²) in [5.74, 6) is -0.930. The van der Waals surface area contributed by atoms with Gasteiger partial charge in [-0.05, 0) is 54.9 Å². The summed E-state index contributed by atoms with van der Waals surface area (Å²) < 4.78 is 1.58. The maximum absolute atomic E-state index is 11.0. The van der Waals surface area contributed by atoms with Crippen molar-refractivity contribution in [3.63, 3.8) is 0 Å². The Balaban J connectivity index is 2.56. The standard InChI is InChI=1S/C11H6Br2O2S/c12-9-2-1-6(3-7(9)11(14)15)8-4-16-5-10(8)13/h1-5H,(H,14,15). The highest BCUT2D eigenvalue weighted by Gasteiger charge is 2.11. The molecule has 0 bridgehead atoms. The van der Waals surface area contributed by atoms with Crippen molar-refractivity contribution in [2.24, 2.45) is 0 Å². The van der Waals surface area contributed by atoms with E-state index >= 15 is 0 Å². The van der Waals surface area contributed by atoms with Gasteiger partial charge >= 0.3 is 5.97 Å². The lowest BCUT2D eigenvalue weighted by Crippen LogP contribution is -1.97. The second-order valence-electron chi connectivity index (χ2n) is 3.13. The lowest BCUT2D eigenvalue weighted by molar-refractivity contribution is 0.0696. The van der Waals surface area contributed by atoms with Gasteiger partial charge < -0.3 is 5.11 Å². The van der Waals surface area contributed by atoms with E-state index in [0.29, 0.717) is 4.47 Å². The minimum Gasteiger partial charge on any atom is -0.478 e. The molecule has 0 aliphatic heterocycles. The van der Waals surface area contributed by atoms with Crippen molar-refractivity contribution in [3.05, 3.63) is 43.5 Å². The van der Waals surface area contributed by atoms with E-state index in [-0.39, 0.29) is 5.56 Å². The Labute approximate surface area is 113 Å². The van der Waals surface area contributed by atoms with Crippen molar-refractivity contribution >= 4 is 49.2 Å². The first-order valence-corrected chi connectivity index (χ1v) is 6.87. The summed E-state index contributed by atoms with van der Waals surface area (Å²) in [6, 6.07) is 5.31. The van der Waals surface area contributed by atoms with Gasteiger partial charge in [-0.2, -0.15) is 11.3 Å². The smallest absolute Gasteiger partial charge is 0.336 e. The Hall–Kier alpha value is -0.650. The van der Waals surface area contributed by atoms with Gasteiger partial charge in [0.25, 0.3) is 0 Å². The number of thiophene rings is 1. The van der Waals surface area contributed by atoms with Gasteiger partial charge in [0.2, 0.25) is 0 Å². The predicted octanol–water partition coefficient (Wildman–Crippen LogP) is 4.64. The fourth-order valence-electron chi connectivity index (χ4n) is 1.34. The molecule has 0 radical (unpaired) electrons. The summed E-state index contributed by atoms with van der Waals surface area (Å²) in [7, 11) is 0. The number of carbonyl (C=O) groups is 1. The molecular formula is C11H6Br2O2S. The molecule has 2 nitrogen and oxygen atoms in total. The van der Waals surface area contributed by atoms with Gasteiger partial charge in [-0.3, -0.25) is 0 Å². The van der Waals surface area contributed by atoms with Gasteiger partial charge in [0.05, 0.1) is 5.56 Å². The van der Waals surface area contributed by atoms with Crippen LogP contribution in [0.2, 0.25) is 0 Å². The lowest BCUT2D eigenvalue weighted by Gasteiger charge is -2.03. The van der Waals surface area contributed by atoms with E-state index in [4.69, 9.17) is 5.11 Å². The number of hydrogen-bond acceptors (Lipinski definition) is 2. The Bertz CT molecular complexity index is 549. The molecule has 0 fully saturated rings. The van der Waals surface area contributed by atoms with Crippen LogP contribution in [0.15, 0.2) is 37.9 Å². The average molecular weight is 362 g/mol. The van der Waals surface area contributed by atoms with E-state index < -0.39 is 5.97 Å². The van der Waals surface area contributed by atoms with E-state index in [2.05, 4.69) is 31.9 Å². The summed E-state index contributed by atoms with van der Waals surface area (Å²) in [5.41, 5.74) is 2.18. The predicted molar refractivity (Wildman–Crippen MR) is 72.1 cm³/mol. The highest BCUT2D eigenvalue weighted by molar-refractivity contribution is 9.11. The zero-order valence-corrected chi connectivity index (χ0v) is 11.9. The third kappa shape index (κ3) is 2.21. The topological polar surface area (TPSA) is 37.3 Å². The van der Waals surface area contributed by atoms with E-state index in [1.54, 1.807) is 23.5 Å². The van der Waals surface area contributed by atoms with Crippen molar-refractivity contribution in [1.29, 1.82) is 0 Å². The van der Waals surface area contributed by atoms with Crippen LogP contribution in [0.25, 0.3) is 11.1 Å². The van der Waals surface area contributed by atoms with Crippen LogP contribution < -0.4 is 0 Å². The van der Waals surface area contributed by atoms with Crippen LogP contribution in [0.5, 0.6) is 0 Å². The molecule has 5 heteroatoms. The van der Waals surface area contributed by atoms with Crippen molar-refractivity contribution in [2.75, 3.05) is 0 Å². The summed E-state index contributed by atoms with van der Waals surface area (Å²) in [6.45, 7) is 0. The number of halogens is 2. The first kappa shape index (κ1) is 11.8. The van der Waals surface area contributed by atoms with Crippen LogP contribution in [-0.2, 0) is 0 Å². The Morgan fingerprint density at radius 3 is 2.50 bits per heavy atom. The van der Waals surface area contributed by atoms with Crippen molar-refractivity contribution < 1.29 is 9.90 Å². The van der Waals surface area contributed by atoms with E-state index in [1.165, 1.54) is 0 Å². The molecule has 1 N–H and O–H groups in total. The first-order chi connectivity index (χ1) is 7.59. The van der Waals surface area contributed by atoms with Crippen LogP contribution in [-0.4, -0.2) is 11.1 Å². The Morgan fingerprint density at radius 2 is 1.94 bits per heavy atom. The molecule has 16 heavy (non-hydrogen) atoms. The highest BCUT2D eigenvalue weighted by atomic mass is 79.9. The number of carboxylic acid groups (broad SMARTS) is 1. The van der Waals surface area contributed by atoms with Gasteiger partial charge in [-0.25, -0.2) is 4.79 Å². The lowest BCUT2D eigenvalue weighted by atomic mass is 10.1. The fraction of sp³-hybridized carbons (Fsp3) is 0. The van der Waals surface area contributed by atoms with Gasteiger partial charge in [0.1, 0.15) is 0 Å². The normalized spacial score (nSPS) is 10.4. The molecule has 0 aliphatic carbocycles. The number of carboxylic acids is 1. The zero-order valence-electron chi connectivity index (χ0n) is 7.91. The van der Waals surface area contributed by atoms with Crippen LogP contribution in [0.1, 0.15) is 10.4 Å². The molecule has 1 heterocycles. The molecule has 0 saturated heterocycles. The number of rotatable bonds is 2. The molecule has 0 atom stereocenters. The maximum Gasteiger partial charge on any atom is 0.336 e. The van der Waals surface area contributed by atoms with Crippen LogP contribution in [0.4, 0.5) is 0 Å². The van der Waals surface area contributed by atoms with Gasteiger partial charge in [0.15, 0.2) is 0 Å². The summed E-state index contributed by atoms with van der Waals surface area (Å²) >= 11 is 8.23. The van der Waals surface area contributed by atoms with Gasteiger partial charge in [-0.1, -0.05) is 6.07 Å². The van der Waals surface area contributed by atoms with Crippen LogP contribution in [0, 0.1) is 0 Å². The molecule has 0 unspecified atom stereocenters. The molecule has 1 aromatic carbocycles. The van der Waals surface area contributed by atoms with Crippen LogP contribution >= 0.6 is 43.2 Å². The zero-order chi connectivity index (χ0) is 11.7. The Kier molecular flexibility index (Phi) is 3.47. The molecule has 2 aromatic rings. The van der Waals surface area contributed by atoms with Crippen molar-refractivity contribution in [3.8, 4) is 11.1 Å². The van der Waals surface area contributed by atoms with E-state index in [9.17, 15) is 4.79 Å². The van der Waals surface area contributed by atoms with Crippen LogP contribution in [0.3, 0.4) is 0 Å². The quantitative estimate of drug-likeness (QED) is 0.846. The van der Waals surface area contributed by atoms with Gasteiger partial charge in [-0.15, -0.1) is 0 Å². The molecule has 0 saturated carbocycles. The Morgan fingerprint density at radius 1 is 1.19 bits per heavy atom. The summed E-state index contributed by atoms with van der Waals surface area (Å²) in [4.78, 5) is 11.0. The largest absolute Gasteiger partial charge is 0.478 e. The first-order valence-electron chi connectivity index (χ1n) is 4.34. The third-order valence-electron chi connectivity index (χ3n) is 2.12. The minimum atomic E-state index is -0.930. The molecule has 0 spiro atoms. The number of aromatic carboxylic acids is 1. The van der Waals surface area contributed by atoms with Crippen molar-refractivity contribution in [2.45, 2.75) is 0 Å². The number of hydrogen-bond donors (Lipinski definition) is 1. The third-order valence-corrected chi connectivity index (χ3v) is 4.52. The molecule has 82 valence electrons. The summed E-state index contributed by atoms with van der Waals surface area (Å²) in [6.07, 6.45) is 0. The molecule has 1 aromatic heterocycles. The maximum atomic E-state index is 11.0. The van der Waals surface area contributed by atoms with Gasteiger partial charge in [0, 0.05) is 19.9 Å². The highest BCUT2D eigenvalue weighted by Crippen LogP contribution is 2.33. The molecule has 0 aliphatic rings. The van der Waals surface area contributed by atoms with E-state index in [1.807, 2.05) is 16.8 Å². The second-order valence-corrected chi connectivity index (χ2v) is 5.59. The minimum absolute atomic E-state index is 0.274. The monoisotopic (exact) mass is 360 g/mol.